The van der Waals surface area contributed by atoms with Gasteiger partial charge in [-0.25, -0.2) is 18.2 Å². The Labute approximate surface area is 221 Å². The number of nitrogens with zero attached hydrogens (tertiary/aromatic N) is 3. The summed E-state index contributed by atoms with van der Waals surface area (Å²) in [5.74, 6) is 0.793. The molecule has 0 unspecified atom stereocenters. The Kier molecular flexibility index (Phi) is 9.60. The number of rotatable bonds is 9. The second-order valence-corrected chi connectivity index (χ2v) is 11.0. The fourth-order valence-electron chi connectivity index (χ4n) is 5.52. The van der Waals surface area contributed by atoms with Crippen molar-refractivity contribution >= 4 is 22.9 Å². The van der Waals surface area contributed by atoms with Crippen LogP contribution in [0.4, 0.5) is 10.7 Å². The second-order valence-electron chi connectivity index (χ2n) is 10.3. The SMILES string of the molecule is Cc1cccc(C)c1-c1cc(OC[C@@H](CC2CCCCC2)NC(=O)N2CCCCC2)nc(N[SH](=O)=O)n1. The average molecular weight is 530 g/mol. The van der Waals surface area contributed by atoms with Crippen LogP contribution >= 0.6 is 0 Å². The van der Waals surface area contributed by atoms with E-state index in [0.717, 1.165) is 49.0 Å². The molecule has 37 heavy (non-hydrogen) atoms. The number of amides is 2. The molecule has 2 fully saturated rings. The number of hydrogen-bond acceptors (Lipinski definition) is 6. The van der Waals surface area contributed by atoms with E-state index in [4.69, 9.17) is 4.74 Å². The number of aromatic nitrogens is 2. The average Bonchev–Trinajstić information content (AvgIpc) is 2.88. The zero-order valence-corrected chi connectivity index (χ0v) is 22.8. The summed E-state index contributed by atoms with van der Waals surface area (Å²) in [6.45, 7) is 5.81. The number of nitrogens with one attached hydrogen (secondary N) is 2. The summed E-state index contributed by atoms with van der Waals surface area (Å²) in [6, 6.07) is 7.49. The van der Waals surface area contributed by atoms with Crippen LogP contribution in [0, 0.1) is 19.8 Å². The van der Waals surface area contributed by atoms with Crippen molar-refractivity contribution in [2.75, 3.05) is 24.4 Å². The van der Waals surface area contributed by atoms with Gasteiger partial charge in [-0.2, -0.15) is 4.98 Å². The maximum absolute atomic E-state index is 13.0. The van der Waals surface area contributed by atoms with Gasteiger partial charge in [0.1, 0.15) is 6.61 Å². The minimum absolute atomic E-state index is 0.0336. The Bertz CT molecular complexity index is 1120. The second kappa shape index (κ2) is 13.1. The van der Waals surface area contributed by atoms with E-state index in [1.807, 2.05) is 36.9 Å². The van der Waals surface area contributed by atoms with E-state index in [0.29, 0.717) is 11.6 Å². The van der Waals surface area contributed by atoms with Crippen molar-refractivity contribution in [1.29, 1.82) is 0 Å². The number of likely N-dealkylation sites (tertiary alicyclic amines) is 1. The van der Waals surface area contributed by atoms with E-state index in [-0.39, 0.29) is 30.5 Å². The van der Waals surface area contributed by atoms with Gasteiger partial charge in [0.05, 0.1) is 11.7 Å². The smallest absolute Gasteiger partial charge is 0.317 e. The van der Waals surface area contributed by atoms with Crippen molar-refractivity contribution in [2.45, 2.75) is 77.7 Å². The fraction of sp³-hybridized carbons (Fsp3) is 0.593. The Morgan fingerprint density at radius 1 is 1.05 bits per heavy atom. The minimum Gasteiger partial charge on any atom is -0.475 e. The van der Waals surface area contributed by atoms with Crippen LogP contribution in [0.1, 0.15) is 68.9 Å². The minimum atomic E-state index is -2.93. The highest BCUT2D eigenvalue weighted by Gasteiger charge is 2.24. The molecular weight excluding hydrogens is 490 g/mol. The predicted octanol–water partition coefficient (Wildman–Crippen LogP) is 4.61. The summed E-state index contributed by atoms with van der Waals surface area (Å²) in [6.07, 6.45) is 10.2. The Morgan fingerprint density at radius 3 is 2.41 bits per heavy atom. The Hall–Kier alpha value is -2.88. The molecule has 2 N–H and O–H groups in total. The summed E-state index contributed by atoms with van der Waals surface area (Å²) in [5, 5.41) is 3.22. The number of carbonyl (C=O) groups is 1. The zero-order chi connectivity index (χ0) is 26.2. The molecule has 1 atom stereocenters. The molecule has 202 valence electrons. The van der Waals surface area contributed by atoms with Crippen LogP contribution < -0.4 is 14.8 Å². The lowest BCUT2D eigenvalue weighted by atomic mass is 9.85. The van der Waals surface area contributed by atoms with Gasteiger partial charge in [0.15, 0.2) is 0 Å². The third-order valence-corrected chi connectivity index (χ3v) is 7.76. The first-order chi connectivity index (χ1) is 17.9. The molecule has 2 heterocycles. The highest BCUT2D eigenvalue weighted by atomic mass is 32.2. The Morgan fingerprint density at radius 2 is 1.73 bits per heavy atom. The lowest BCUT2D eigenvalue weighted by molar-refractivity contribution is 0.166. The van der Waals surface area contributed by atoms with Gasteiger partial charge in [-0.15, -0.1) is 0 Å². The van der Waals surface area contributed by atoms with E-state index in [9.17, 15) is 13.2 Å². The third-order valence-electron chi connectivity index (χ3n) is 7.38. The van der Waals surface area contributed by atoms with Crippen LogP contribution in [0.5, 0.6) is 5.88 Å². The lowest BCUT2D eigenvalue weighted by Crippen LogP contribution is -2.49. The summed E-state index contributed by atoms with van der Waals surface area (Å²) < 4.78 is 31.2. The summed E-state index contributed by atoms with van der Waals surface area (Å²) >= 11 is 0. The van der Waals surface area contributed by atoms with Crippen molar-refractivity contribution in [3.05, 3.63) is 35.4 Å². The standard InChI is InChI=1S/C27H39N5O4S/c1-19-10-9-11-20(2)25(19)23-17-24(30-26(29-23)31-37(34)35)36-18-22(16-21-12-5-3-6-13-21)28-27(33)32-14-7-4-8-15-32/h9-11,17,21-22,37H,3-8,12-16,18H2,1-2H3,(H,28,33)(H,29,30,31,34,35)/t22-/m1/s1. The van der Waals surface area contributed by atoms with Gasteiger partial charge in [-0.1, -0.05) is 50.3 Å². The number of thiol groups is 1. The highest BCUT2D eigenvalue weighted by molar-refractivity contribution is 7.73. The lowest BCUT2D eigenvalue weighted by Gasteiger charge is -2.31. The van der Waals surface area contributed by atoms with Crippen LogP contribution in [0.3, 0.4) is 0 Å². The quantitative estimate of drug-likeness (QED) is 0.409. The van der Waals surface area contributed by atoms with Gasteiger partial charge < -0.3 is 15.0 Å². The van der Waals surface area contributed by atoms with Gasteiger partial charge in [-0.05, 0) is 56.6 Å². The first kappa shape index (κ1) is 27.2. The molecule has 2 aromatic rings. The molecule has 1 saturated carbocycles. The van der Waals surface area contributed by atoms with Crippen LogP contribution in [0.25, 0.3) is 11.3 Å². The third kappa shape index (κ3) is 7.80. The number of urea groups is 1. The molecule has 1 aliphatic carbocycles. The largest absolute Gasteiger partial charge is 0.475 e. The molecule has 2 aliphatic rings. The monoisotopic (exact) mass is 529 g/mol. The maximum Gasteiger partial charge on any atom is 0.317 e. The van der Waals surface area contributed by atoms with Crippen LogP contribution in [-0.2, 0) is 10.9 Å². The van der Waals surface area contributed by atoms with Crippen LogP contribution in [0.15, 0.2) is 24.3 Å². The van der Waals surface area contributed by atoms with Crippen LogP contribution in [-0.4, -0.2) is 55.1 Å². The van der Waals surface area contributed by atoms with Crippen molar-refractivity contribution in [3.63, 3.8) is 0 Å². The number of piperidine rings is 1. The molecular formula is C27H39N5O4S. The normalized spacial score (nSPS) is 17.4. The molecule has 2 amide bonds. The topological polar surface area (TPSA) is 114 Å². The van der Waals surface area contributed by atoms with Gasteiger partial charge >= 0.3 is 6.03 Å². The van der Waals surface area contributed by atoms with Gasteiger partial charge in [0, 0.05) is 24.7 Å². The molecule has 1 saturated heterocycles. The van der Waals surface area contributed by atoms with Crippen molar-refractivity contribution in [2.24, 2.45) is 5.92 Å². The van der Waals surface area contributed by atoms with E-state index in [1.165, 1.54) is 38.5 Å². The van der Waals surface area contributed by atoms with Crippen molar-refractivity contribution < 1.29 is 17.9 Å². The molecule has 9 nitrogen and oxygen atoms in total. The first-order valence-electron chi connectivity index (χ1n) is 13.4. The van der Waals surface area contributed by atoms with Gasteiger partial charge in [-0.3, -0.25) is 4.72 Å². The molecule has 10 heteroatoms. The van der Waals surface area contributed by atoms with E-state index in [2.05, 4.69) is 20.0 Å². The number of anilines is 1. The molecule has 1 aromatic heterocycles. The molecule has 4 rings (SSSR count). The zero-order valence-electron chi connectivity index (χ0n) is 21.9. The van der Waals surface area contributed by atoms with Crippen LogP contribution in [0.2, 0.25) is 0 Å². The maximum atomic E-state index is 13.0. The summed E-state index contributed by atoms with van der Waals surface area (Å²) in [7, 11) is -2.93. The molecule has 0 radical (unpaired) electrons. The first-order valence-corrected chi connectivity index (χ1v) is 14.6. The fourth-order valence-corrected chi connectivity index (χ4v) is 5.78. The molecule has 0 spiro atoms. The van der Waals surface area contributed by atoms with Crippen molar-refractivity contribution in [3.8, 4) is 17.1 Å². The van der Waals surface area contributed by atoms with E-state index in [1.54, 1.807) is 6.07 Å². The molecule has 1 aromatic carbocycles. The number of aryl methyl sites for hydroxylation is 2. The summed E-state index contributed by atoms with van der Waals surface area (Å²) in [4.78, 5) is 23.6. The highest BCUT2D eigenvalue weighted by Crippen LogP contribution is 2.30. The molecule has 1 aliphatic heterocycles. The predicted molar refractivity (Wildman–Crippen MR) is 145 cm³/mol. The number of hydrogen-bond donors (Lipinski definition) is 3. The Balaban J connectivity index is 1.54. The number of benzene rings is 1. The van der Waals surface area contributed by atoms with Gasteiger partial charge in [0.25, 0.3) is 0 Å². The molecule has 0 bridgehead atoms. The number of ether oxygens (including phenoxy) is 1. The number of carbonyl (C=O) groups excluding carboxylic acids is 1. The van der Waals surface area contributed by atoms with Crippen molar-refractivity contribution in [1.82, 2.24) is 20.2 Å². The van der Waals surface area contributed by atoms with E-state index >= 15 is 0 Å². The summed E-state index contributed by atoms with van der Waals surface area (Å²) in [5.41, 5.74) is 3.54. The van der Waals surface area contributed by atoms with Gasteiger partial charge in [0.2, 0.25) is 22.7 Å². The van der Waals surface area contributed by atoms with E-state index < -0.39 is 10.9 Å².